The van der Waals surface area contributed by atoms with Gasteiger partial charge in [-0.15, -0.1) is 0 Å². The first kappa shape index (κ1) is 20.4. The number of halogens is 1. The molecule has 0 unspecified atom stereocenters. The lowest BCUT2D eigenvalue weighted by atomic mass is 9.85. The number of rotatable bonds is 5. The molecular weight excluding hydrogens is 406 g/mol. The van der Waals surface area contributed by atoms with Crippen LogP contribution in [0.1, 0.15) is 57.3 Å². The van der Waals surface area contributed by atoms with E-state index in [0.717, 1.165) is 61.0 Å². The molecule has 4 rings (SSSR count). The van der Waals surface area contributed by atoms with E-state index in [-0.39, 0.29) is 11.6 Å². The van der Waals surface area contributed by atoms with E-state index in [0.29, 0.717) is 27.6 Å². The fourth-order valence-corrected chi connectivity index (χ4v) is 5.14. The number of hydrogen-bond acceptors (Lipinski definition) is 4. The monoisotopic (exact) mass is 431 g/mol. The van der Waals surface area contributed by atoms with Crippen molar-refractivity contribution in [2.24, 2.45) is 5.92 Å². The molecule has 29 heavy (non-hydrogen) atoms. The van der Waals surface area contributed by atoms with Gasteiger partial charge in [-0.25, -0.2) is 0 Å². The lowest BCUT2D eigenvalue weighted by Crippen LogP contribution is -2.34. The van der Waals surface area contributed by atoms with Crippen LogP contribution in [0.15, 0.2) is 27.5 Å². The summed E-state index contributed by atoms with van der Waals surface area (Å²) < 4.78 is 7.30. The van der Waals surface area contributed by atoms with Gasteiger partial charge in [-0.05, 0) is 57.1 Å². The number of thiocarbonyl (C=S) groups is 1. The molecule has 0 radical (unpaired) electrons. The Labute approximate surface area is 180 Å². The summed E-state index contributed by atoms with van der Waals surface area (Å²) in [7, 11) is 0. The number of fused-ring (bicyclic) bond motifs is 3. The highest BCUT2D eigenvalue weighted by atomic mass is 35.5. The van der Waals surface area contributed by atoms with Gasteiger partial charge < -0.3 is 14.4 Å². The molecule has 0 spiro atoms. The molecule has 1 N–H and O–H groups in total. The summed E-state index contributed by atoms with van der Waals surface area (Å²) in [6, 6.07) is 5.82. The van der Waals surface area contributed by atoms with Crippen LogP contribution in [0.5, 0.6) is 0 Å². The number of nitrogens with zero attached hydrogens (tertiary/aromatic N) is 2. The lowest BCUT2D eigenvalue weighted by Gasteiger charge is -2.32. The molecule has 1 aromatic carbocycles. The average Bonchev–Trinajstić information content (AvgIpc) is 3.09. The van der Waals surface area contributed by atoms with Gasteiger partial charge in [0.05, 0.1) is 15.5 Å². The highest BCUT2D eigenvalue weighted by Crippen LogP contribution is 2.36. The van der Waals surface area contributed by atoms with E-state index in [1.807, 2.05) is 22.8 Å². The third-order valence-electron chi connectivity index (χ3n) is 5.97. The van der Waals surface area contributed by atoms with Crippen LogP contribution >= 0.6 is 23.8 Å². The van der Waals surface area contributed by atoms with E-state index in [1.165, 1.54) is 0 Å². The zero-order valence-corrected chi connectivity index (χ0v) is 18.4. The van der Waals surface area contributed by atoms with Gasteiger partial charge in [0.15, 0.2) is 0 Å². The fraction of sp³-hybridized carbons (Fsp3) is 0.500. The molecular formula is C22H26ClN3O2S. The number of benzene rings is 1. The average molecular weight is 432 g/mol. The van der Waals surface area contributed by atoms with Crippen LogP contribution in [0.4, 0.5) is 0 Å². The minimum Gasteiger partial charge on any atom is -0.379 e. The van der Waals surface area contributed by atoms with Crippen molar-refractivity contribution < 1.29 is 4.52 Å². The van der Waals surface area contributed by atoms with Crippen LogP contribution in [0.25, 0.3) is 21.8 Å². The van der Waals surface area contributed by atoms with E-state index in [1.54, 1.807) is 6.92 Å². The van der Waals surface area contributed by atoms with Crippen LogP contribution < -0.4 is 10.9 Å². The number of hydrogen-bond donors (Lipinski definition) is 1. The predicted molar refractivity (Wildman–Crippen MR) is 122 cm³/mol. The third-order valence-corrected chi connectivity index (χ3v) is 6.63. The van der Waals surface area contributed by atoms with Crippen molar-refractivity contribution in [1.82, 2.24) is 15.0 Å². The maximum atomic E-state index is 13.5. The molecule has 0 amide bonds. The molecule has 1 aliphatic carbocycles. The van der Waals surface area contributed by atoms with Crippen molar-refractivity contribution in [2.45, 2.75) is 58.4 Å². The van der Waals surface area contributed by atoms with Crippen molar-refractivity contribution >= 4 is 50.6 Å². The third kappa shape index (κ3) is 3.80. The molecule has 5 nitrogen and oxygen atoms in total. The van der Waals surface area contributed by atoms with Crippen molar-refractivity contribution in [2.75, 3.05) is 6.54 Å². The van der Waals surface area contributed by atoms with Gasteiger partial charge >= 0.3 is 0 Å². The summed E-state index contributed by atoms with van der Waals surface area (Å²) >= 11 is 11.9. The van der Waals surface area contributed by atoms with E-state index < -0.39 is 0 Å². The quantitative estimate of drug-likeness (QED) is 0.536. The van der Waals surface area contributed by atoms with Crippen molar-refractivity contribution in [3.05, 3.63) is 39.3 Å². The van der Waals surface area contributed by atoms with E-state index in [9.17, 15) is 4.79 Å². The molecule has 7 heteroatoms. The maximum absolute atomic E-state index is 13.5. The van der Waals surface area contributed by atoms with Gasteiger partial charge in [0.25, 0.3) is 5.56 Å². The standard InChI is InChI=1S/C22H26ClN3O2S/c1-3-6-18(29)24-12-14-7-4-8-15(11-14)26-17-10-5-9-16(23)20(17)21-19(22(26)27)13(2)28-25-21/h5,9-10,14-15H,3-4,6-8,11-12H2,1-2H3,(H,24,29)/t14-,15+/m0/s1. The minimum atomic E-state index is -0.0337. The largest absolute Gasteiger partial charge is 0.379 e. The normalized spacial score (nSPS) is 19.7. The Morgan fingerprint density at radius 2 is 2.21 bits per heavy atom. The Kier molecular flexibility index (Phi) is 5.93. The maximum Gasteiger partial charge on any atom is 0.264 e. The van der Waals surface area contributed by atoms with Gasteiger partial charge in [-0.3, -0.25) is 4.79 Å². The van der Waals surface area contributed by atoms with Crippen LogP contribution in [-0.4, -0.2) is 21.3 Å². The Hall–Kier alpha value is -1.92. The molecule has 1 aliphatic rings. The summed E-state index contributed by atoms with van der Waals surface area (Å²) in [5, 5.41) is 9.48. The zero-order valence-electron chi connectivity index (χ0n) is 16.8. The highest BCUT2D eigenvalue weighted by Gasteiger charge is 2.28. The molecule has 3 aromatic rings. The SMILES string of the molecule is CCCC(=S)NC[C@H]1CCC[C@@H](n2c(=O)c3c(C)onc3c3c(Cl)cccc32)C1. The molecule has 2 aromatic heterocycles. The molecule has 0 bridgehead atoms. The van der Waals surface area contributed by atoms with Gasteiger partial charge in [0.2, 0.25) is 0 Å². The van der Waals surface area contributed by atoms with E-state index in [2.05, 4.69) is 17.4 Å². The van der Waals surface area contributed by atoms with Gasteiger partial charge in [0.1, 0.15) is 16.7 Å². The highest BCUT2D eigenvalue weighted by molar-refractivity contribution is 7.80. The lowest BCUT2D eigenvalue weighted by molar-refractivity contribution is 0.268. The van der Waals surface area contributed by atoms with Gasteiger partial charge in [0, 0.05) is 18.0 Å². The number of aromatic nitrogens is 2. The molecule has 1 fully saturated rings. The summed E-state index contributed by atoms with van der Waals surface area (Å²) in [4.78, 5) is 14.4. The number of nitrogens with one attached hydrogen (secondary N) is 1. The van der Waals surface area contributed by atoms with Gasteiger partial charge in [-0.1, -0.05) is 48.4 Å². The second-order valence-electron chi connectivity index (χ2n) is 8.01. The fourth-order valence-electron chi connectivity index (χ4n) is 4.59. The summed E-state index contributed by atoms with van der Waals surface area (Å²) in [5.41, 5.74) is 1.36. The Morgan fingerprint density at radius 1 is 1.38 bits per heavy atom. The zero-order chi connectivity index (χ0) is 20.5. The number of pyridine rings is 1. The Morgan fingerprint density at radius 3 is 3.00 bits per heavy atom. The topological polar surface area (TPSA) is 60.1 Å². The molecule has 1 saturated carbocycles. The second kappa shape index (κ2) is 8.44. The Balaban J connectivity index is 1.74. The first-order valence-corrected chi connectivity index (χ1v) is 11.1. The van der Waals surface area contributed by atoms with Gasteiger partial charge in [-0.2, -0.15) is 0 Å². The van der Waals surface area contributed by atoms with E-state index >= 15 is 0 Å². The van der Waals surface area contributed by atoms with E-state index in [4.69, 9.17) is 28.3 Å². The molecule has 0 aliphatic heterocycles. The first-order valence-electron chi connectivity index (χ1n) is 10.4. The van der Waals surface area contributed by atoms with Crippen LogP contribution in [-0.2, 0) is 0 Å². The summed E-state index contributed by atoms with van der Waals surface area (Å²) in [6.07, 6.45) is 6.15. The van der Waals surface area contributed by atoms with Crippen LogP contribution in [0.3, 0.4) is 0 Å². The van der Waals surface area contributed by atoms with Crippen molar-refractivity contribution in [3.63, 3.8) is 0 Å². The van der Waals surface area contributed by atoms with Crippen LogP contribution in [0, 0.1) is 12.8 Å². The summed E-state index contributed by atoms with van der Waals surface area (Å²) in [5.74, 6) is 1.03. The van der Waals surface area contributed by atoms with Crippen molar-refractivity contribution in [3.8, 4) is 0 Å². The second-order valence-corrected chi connectivity index (χ2v) is 8.91. The molecule has 2 atom stereocenters. The minimum absolute atomic E-state index is 0.0337. The summed E-state index contributed by atoms with van der Waals surface area (Å²) in [6.45, 7) is 4.79. The van der Waals surface area contributed by atoms with Crippen molar-refractivity contribution in [1.29, 1.82) is 0 Å². The Bertz CT molecular complexity index is 1120. The molecule has 154 valence electrons. The predicted octanol–water partition coefficient (Wildman–Crippen LogP) is 5.55. The number of aryl methyl sites for hydroxylation is 1. The first-order chi connectivity index (χ1) is 14.0. The molecule has 2 heterocycles. The van der Waals surface area contributed by atoms with Crippen LogP contribution in [0.2, 0.25) is 5.02 Å². The molecule has 0 saturated heterocycles. The smallest absolute Gasteiger partial charge is 0.264 e.